The fourth-order valence-electron chi connectivity index (χ4n) is 2.20. The molecule has 2 rings (SSSR count). The van der Waals surface area contributed by atoms with Gasteiger partial charge in [-0.15, -0.1) is 11.3 Å². The highest BCUT2D eigenvalue weighted by Gasteiger charge is 2.18. The fraction of sp³-hybridized carbons (Fsp3) is 0.750. The minimum atomic E-state index is 0.372. The van der Waals surface area contributed by atoms with Crippen LogP contribution in [0.1, 0.15) is 38.4 Å². The van der Waals surface area contributed by atoms with Crippen LogP contribution >= 0.6 is 11.3 Å². The summed E-state index contributed by atoms with van der Waals surface area (Å²) in [7, 11) is 0. The quantitative estimate of drug-likeness (QED) is 0.854. The lowest BCUT2D eigenvalue weighted by Crippen LogP contribution is -2.39. The summed E-state index contributed by atoms with van der Waals surface area (Å²) in [5.74, 6) is 0. The average molecular weight is 239 g/mol. The number of rotatable bonds is 5. The topological polar surface area (TPSA) is 28.2 Å². The summed E-state index contributed by atoms with van der Waals surface area (Å²) in [4.78, 5) is 6.90. The van der Waals surface area contributed by atoms with E-state index in [1.807, 2.05) is 5.51 Å². The van der Waals surface area contributed by atoms with Gasteiger partial charge in [-0.1, -0.05) is 0 Å². The molecule has 1 aromatic rings. The minimum Gasteiger partial charge on any atom is -0.307 e. The van der Waals surface area contributed by atoms with E-state index in [4.69, 9.17) is 0 Å². The van der Waals surface area contributed by atoms with E-state index < -0.39 is 0 Å². The highest BCUT2D eigenvalue weighted by molar-refractivity contribution is 7.07. The van der Waals surface area contributed by atoms with Crippen LogP contribution in [0.3, 0.4) is 0 Å². The zero-order valence-electron chi connectivity index (χ0n) is 10.1. The summed E-state index contributed by atoms with van der Waals surface area (Å²) in [6.07, 6.45) is 2.73. The van der Waals surface area contributed by atoms with Crippen LogP contribution in [0.25, 0.3) is 0 Å². The predicted molar refractivity (Wildman–Crippen MR) is 68.8 cm³/mol. The minimum absolute atomic E-state index is 0.372. The average Bonchev–Trinajstić information content (AvgIpc) is 2.95. The molecule has 2 unspecified atom stereocenters. The van der Waals surface area contributed by atoms with Crippen LogP contribution in [0.5, 0.6) is 0 Å². The molecule has 0 aliphatic carbocycles. The Hall–Kier alpha value is -0.450. The van der Waals surface area contributed by atoms with E-state index in [9.17, 15) is 0 Å². The molecule has 1 saturated heterocycles. The molecule has 2 heterocycles. The Balaban J connectivity index is 1.74. The number of hydrogen-bond acceptors (Lipinski definition) is 4. The van der Waals surface area contributed by atoms with Crippen molar-refractivity contribution >= 4 is 11.3 Å². The monoisotopic (exact) mass is 239 g/mol. The van der Waals surface area contributed by atoms with Crippen molar-refractivity contribution in [2.24, 2.45) is 0 Å². The van der Waals surface area contributed by atoms with E-state index in [2.05, 4.69) is 34.4 Å². The molecule has 1 aliphatic rings. The van der Waals surface area contributed by atoms with Gasteiger partial charge in [0.05, 0.1) is 11.2 Å². The molecule has 0 saturated carbocycles. The van der Waals surface area contributed by atoms with Gasteiger partial charge < -0.3 is 5.32 Å². The fourth-order valence-corrected chi connectivity index (χ4v) is 2.85. The van der Waals surface area contributed by atoms with Gasteiger partial charge in [0.15, 0.2) is 0 Å². The third-order valence-electron chi connectivity index (χ3n) is 3.38. The Morgan fingerprint density at radius 3 is 2.81 bits per heavy atom. The van der Waals surface area contributed by atoms with E-state index >= 15 is 0 Å². The number of nitrogens with one attached hydrogen (secondary N) is 1. The largest absolute Gasteiger partial charge is 0.307 e. The van der Waals surface area contributed by atoms with Crippen LogP contribution in [0.2, 0.25) is 0 Å². The second-order valence-corrected chi connectivity index (χ2v) is 5.35. The van der Waals surface area contributed by atoms with Gasteiger partial charge in [0.1, 0.15) is 0 Å². The molecule has 0 spiro atoms. The van der Waals surface area contributed by atoms with Crippen molar-refractivity contribution < 1.29 is 0 Å². The molecule has 0 bridgehead atoms. The molecule has 16 heavy (non-hydrogen) atoms. The van der Waals surface area contributed by atoms with Gasteiger partial charge in [-0.05, 0) is 39.8 Å². The molecule has 1 N–H and O–H groups in total. The first-order valence-electron chi connectivity index (χ1n) is 6.13. The third kappa shape index (κ3) is 3.03. The van der Waals surface area contributed by atoms with Crippen LogP contribution < -0.4 is 5.32 Å². The standard InChI is InChI=1S/C12H21N3S/c1-10(15-5-3-4-6-15)7-13-11(2)12-8-16-9-14-12/h8-11,13H,3-7H2,1-2H3. The molecule has 2 atom stereocenters. The van der Waals surface area contributed by atoms with Crippen LogP contribution in [-0.4, -0.2) is 35.6 Å². The lowest BCUT2D eigenvalue weighted by molar-refractivity contribution is 0.247. The maximum Gasteiger partial charge on any atom is 0.0795 e. The first-order chi connectivity index (χ1) is 7.77. The summed E-state index contributed by atoms with van der Waals surface area (Å²) >= 11 is 1.67. The van der Waals surface area contributed by atoms with Crippen LogP contribution in [0, 0.1) is 0 Å². The molecule has 90 valence electrons. The Bertz CT molecular complexity index is 293. The van der Waals surface area contributed by atoms with E-state index in [1.54, 1.807) is 11.3 Å². The zero-order chi connectivity index (χ0) is 11.4. The van der Waals surface area contributed by atoms with Gasteiger partial charge >= 0.3 is 0 Å². The van der Waals surface area contributed by atoms with Gasteiger partial charge in [-0.25, -0.2) is 4.98 Å². The van der Waals surface area contributed by atoms with Crippen molar-refractivity contribution in [3.8, 4) is 0 Å². The Kier molecular flexibility index (Phi) is 4.32. The van der Waals surface area contributed by atoms with E-state index in [-0.39, 0.29) is 0 Å². The maximum atomic E-state index is 4.33. The molecule has 1 aliphatic heterocycles. The summed E-state index contributed by atoms with van der Waals surface area (Å²) in [6, 6.07) is 1.01. The smallest absolute Gasteiger partial charge is 0.0795 e. The highest BCUT2D eigenvalue weighted by Crippen LogP contribution is 2.14. The summed E-state index contributed by atoms with van der Waals surface area (Å²) in [5, 5.41) is 5.69. The first-order valence-corrected chi connectivity index (χ1v) is 7.07. The zero-order valence-corrected chi connectivity index (χ0v) is 11.0. The molecule has 1 fully saturated rings. The van der Waals surface area contributed by atoms with Crippen molar-refractivity contribution in [1.82, 2.24) is 15.2 Å². The van der Waals surface area contributed by atoms with Gasteiger partial charge in [-0.2, -0.15) is 0 Å². The Morgan fingerprint density at radius 2 is 2.19 bits per heavy atom. The van der Waals surface area contributed by atoms with Gasteiger partial charge in [0.2, 0.25) is 0 Å². The number of thiazole rings is 1. The summed E-state index contributed by atoms with van der Waals surface area (Å²) < 4.78 is 0. The Labute approximate surface area is 102 Å². The van der Waals surface area contributed by atoms with E-state index in [0.29, 0.717) is 12.1 Å². The van der Waals surface area contributed by atoms with Crippen molar-refractivity contribution in [3.63, 3.8) is 0 Å². The highest BCUT2D eigenvalue weighted by atomic mass is 32.1. The summed E-state index contributed by atoms with van der Waals surface area (Å²) in [6.45, 7) is 8.10. The molecule has 4 heteroatoms. The second-order valence-electron chi connectivity index (χ2n) is 4.64. The van der Waals surface area contributed by atoms with Gasteiger partial charge in [0, 0.05) is 24.0 Å². The van der Waals surface area contributed by atoms with E-state index in [1.165, 1.54) is 31.6 Å². The number of likely N-dealkylation sites (tertiary alicyclic amines) is 1. The lowest BCUT2D eigenvalue weighted by Gasteiger charge is -2.25. The number of nitrogens with zero attached hydrogens (tertiary/aromatic N) is 2. The van der Waals surface area contributed by atoms with Crippen molar-refractivity contribution in [1.29, 1.82) is 0 Å². The predicted octanol–water partition coefficient (Wildman–Crippen LogP) is 2.28. The van der Waals surface area contributed by atoms with Crippen molar-refractivity contribution in [2.75, 3.05) is 19.6 Å². The SMILES string of the molecule is CC(NCC(C)N1CCCC1)c1cscn1. The Morgan fingerprint density at radius 1 is 1.44 bits per heavy atom. The summed E-state index contributed by atoms with van der Waals surface area (Å²) in [5.41, 5.74) is 3.07. The van der Waals surface area contributed by atoms with Crippen LogP contribution in [0.4, 0.5) is 0 Å². The molecule has 0 amide bonds. The van der Waals surface area contributed by atoms with E-state index in [0.717, 1.165) is 6.54 Å². The second kappa shape index (κ2) is 5.75. The molecule has 0 aromatic carbocycles. The van der Waals surface area contributed by atoms with Crippen molar-refractivity contribution in [3.05, 3.63) is 16.6 Å². The first kappa shape index (κ1) is 12.0. The number of hydrogen-bond donors (Lipinski definition) is 1. The normalized spacial score (nSPS) is 21.1. The van der Waals surface area contributed by atoms with Gasteiger partial charge in [0.25, 0.3) is 0 Å². The van der Waals surface area contributed by atoms with Gasteiger partial charge in [-0.3, -0.25) is 4.90 Å². The molecular formula is C12H21N3S. The van der Waals surface area contributed by atoms with Crippen molar-refractivity contribution in [2.45, 2.75) is 38.8 Å². The third-order valence-corrected chi connectivity index (χ3v) is 3.98. The lowest BCUT2D eigenvalue weighted by atomic mass is 10.2. The maximum absolute atomic E-state index is 4.33. The number of aromatic nitrogens is 1. The van der Waals surface area contributed by atoms with Crippen LogP contribution in [0.15, 0.2) is 10.9 Å². The molecule has 0 radical (unpaired) electrons. The molecule has 1 aromatic heterocycles. The van der Waals surface area contributed by atoms with Crippen LogP contribution in [-0.2, 0) is 0 Å². The molecular weight excluding hydrogens is 218 g/mol. The molecule has 3 nitrogen and oxygen atoms in total.